The average Bonchev–Trinajstić information content (AvgIpc) is 2.52. The van der Waals surface area contributed by atoms with E-state index in [1.54, 1.807) is 19.2 Å². The Bertz CT molecular complexity index is 573. The summed E-state index contributed by atoms with van der Waals surface area (Å²) in [5.74, 6) is 5.42. The van der Waals surface area contributed by atoms with Crippen LogP contribution in [0.3, 0.4) is 0 Å². The average molecular weight is 287 g/mol. The Morgan fingerprint density at radius 3 is 3.05 bits per heavy atom. The minimum atomic E-state index is -0.262. The van der Waals surface area contributed by atoms with Gasteiger partial charge in [-0.2, -0.15) is 0 Å². The number of aliphatic hydroxyl groups excluding tert-OH is 1. The van der Waals surface area contributed by atoms with Crippen molar-refractivity contribution in [2.45, 2.75) is 25.4 Å². The molecule has 0 aliphatic carbocycles. The summed E-state index contributed by atoms with van der Waals surface area (Å²) in [7, 11) is 1.69. The van der Waals surface area contributed by atoms with Crippen LogP contribution < -0.4 is 0 Å². The van der Waals surface area contributed by atoms with Crippen molar-refractivity contribution in [2.24, 2.45) is 0 Å². The van der Waals surface area contributed by atoms with Crippen molar-refractivity contribution in [1.82, 2.24) is 4.90 Å². The first-order chi connectivity index (χ1) is 10.1. The van der Waals surface area contributed by atoms with E-state index in [2.05, 4.69) is 11.8 Å². The molecule has 1 aliphatic rings. The van der Waals surface area contributed by atoms with E-state index in [0.717, 1.165) is 24.9 Å². The van der Waals surface area contributed by atoms with E-state index >= 15 is 0 Å². The van der Waals surface area contributed by atoms with E-state index in [1.807, 2.05) is 24.0 Å². The Labute approximate surface area is 125 Å². The predicted molar refractivity (Wildman–Crippen MR) is 81.0 cm³/mol. The molecule has 1 aliphatic heterocycles. The lowest BCUT2D eigenvalue weighted by atomic mass is 9.94. The molecule has 112 valence electrons. The largest absolute Gasteiger partial charge is 0.384 e. The van der Waals surface area contributed by atoms with Crippen LogP contribution in [0.4, 0.5) is 0 Å². The fourth-order valence-electron chi connectivity index (χ4n) is 2.60. The van der Waals surface area contributed by atoms with Crippen LogP contribution in [0.5, 0.6) is 0 Å². The monoisotopic (exact) mass is 287 g/mol. The molecule has 4 nitrogen and oxygen atoms in total. The van der Waals surface area contributed by atoms with Gasteiger partial charge in [-0.15, -0.1) is 0 Å². The van der Waals surface area contributed by atoms with Gasteiger partial charge >= 0.3 is 0 Å². The van der Waals surface area contributed by atoms with Crippen LogP contribution in [-0.4, -0.2) is 48.3 Å². The van der Waals surface area contributed by atoms with E-state index in [1.165, 1.54) is 0 Å². The zero-order valence-electron chi connectivity index (χ0n) is 12.6. The van der Waals surface area contributed by atoms with Gasteiger partial charge in [-0.3, -0.25) is 4.79 Å². The number of hydrogen-bond donors (Lipinski definition) is 1. The topological polar surface area (TPSA) is 49.8 Å². The van der Waals surface area contributed by atoms with Crippen molar-refractivity contribution in [3.8, 4) is 11.8 Å². The van der Waals surface area contributed by atoms with Crippen LogP contribution in [0.25, 0.3) is 0 Å². The Kier molecular flexibility index (Phi) is 5.00. The highest BCUT2D eigenvalue weighted by atomic mass is 16.5. The lowest BCUT2D eigenvalue weighted by Crippen LogP contribution is -2.49. The lowest BCUT2D eigenvalue weighted by molar-refractivity contribution is -0.0440. The minimum absolute atomic E-state index is 0.00521. The molecule has 1 saturated heterocycles. The highest BCUT2D eigenvalue weighted by Gasteiger charge is 2.33. The van der Waals surface area contributed by atoms with Crippen molar-refractivity contribution in [3.63, 3.8) is 0 Å². The molecule has 1 aromatic rings. The quantitative estimate of drug-likeness (QED) is 0.842. The third-order valence-electron chi connectivity index (χ3n) is 3.86. The third-order valence-corrected chi connectivity index (χ3v) is 3.86. The smallest absolute Gasteiger partial charge is 0.253 e. The summed E-state index contributed by atoms with van der Waals surface area (Å²) in [4.78, 5) is 14.4. The van der Waals surface area contributed by atoms with Crippen molar-refractivity contribution in [2.75, 3.05) is 26.8 Å². The van der Waals surface area contributed by atoms with Crippen molar-refractivity contribution >= 4 is 5.91 Å². The van der Waals surface area contributed by atoms with E-state index in [-0.39, 0.29) is 18.1 Å². The summed E-state index contributed by atoms with van der Waals surface area (Å²) < 4.78 is 5.53. The number of carbonyl (C=O) groups excluding carboxylic acids is 1. The molecule has 1 fully saturated rings. The van der Waals surface area contributed by atoms with Crippen molar-refractivity contribution < 1.29 is 14.6 Å². The highest BCUT2D eigenvalue weighted by molar-refractivity contribution is 5.94. The van der Waals surface area contributed by atoms with Gasteiger partial charge in [-0.05, 0) is 38.0 Å². The predicted octanol–water partition coefficient (Wildman–Crippen LogP) is 1.67. The maximum absolute atomic E-state index is 12.6. The number of hydrogen-bond acceptors (Lipinski definition) is 3. The highest BCUT2D eigenvalue weighted by Crippen LogP contribution is 2.25. The van der Waals surface area contributed by atoms with E-state index < -0.39 is 0 Å². The van der Waals surface area contributed by atoms with Crippen molar-refractivity contribution in [1.29, 1.82) is 0 Å². The Hall–Kier alpha value is -1.83. The first-order valence-corrected chi connectivity index (χ1v) is 7.12. The first-order valence-electron chi connectivity index (χ1n) is 7.12. The molecule has 0 bridgehead atoms. The molecule has 0 radical (unpaired) electrons. The van der Waals surface area contributed by atoms with Crippen LogP contribution in [0.15, 0.2) is 24.3 Å². The summed E-state index contributed by atoms with van der Waals surface area (Å²) in [5, 5.41) is 8.73. The summed E-state index contributed by atoms with van der Waals surface area (Å²) in [6.07, 6.45) is 1.91. The van der Waals surface area contributed by atoms with Gasteiger partial charge in [0.25, 0.3) is 5.91 Å². The van der Waals surface area contributed by atoms with Crippen molar-refractivity contribution in [3.05, 3.63) is 35.4 Å². The number of rotatable bonds is 2. The second-order valence-electron chi connectivity index (χ2n) is 5.52. The Morgan fingerprint density at radius 2 is 2.33 bits per heavy atom. The Balaban J connectivity index is 2.16. The first kappa shape index (κ1) is 15.6. The number of likely N-dealkylation sites (tertiary alicyclic amines) is 1. The SMILES string of the molecule is COC1(C)CCCN(C(=O)c2cccc(C#CCO)c2)C1. The number of ether oxygens (including phenoxy) is 1. The van der Waals surface area contributed by atoms with Crippen LogP contribution in [0.2, 0.25) is 0 Å². The molecule has 0 aromatic heterocycles. The molecule has 1 heterocycles. The molecule has 0 spiro atoms. The summed E-state index contributed by atoms with van der Waals surface area (Å²) in [6, 6.07) is 7.21. The van der Waals surface area contributed by atoms with Crippen LogP contribution in [0, 0.1) is 11.8 Å². The van der Waals surface area contributed by atoms with Crippen LogP contribution in [0.1, 0.15) is 35.7 Å². The molecule has 1 atom stereocenters. The number of benzene rings is 1. The van der Waals surface area contributed by atoms with Gasteiger partial charge < -0.3 is 14.7 Å². The molecule has 1 unspecified atom stereocenters. The molecular weight excluding hydrogens is 266 g/mol. The van der Waals surface area contributed by atoms with Gasteiger partial charge in [-0.25, -0.2) is 0 Å². The maximum Gasteiger partial charge on any atom is 0.253 e. The molecule has 2 rings (SSSR count). The van der Waals surface area contributed by atoms with Gasteiger partial charge in [0.15, 0.2) is 0 Å². The Morgan fingerprint density at radius 1 is 1.52 bits per heavy atom. The van der Waals surface area contributed by atoms with Gasteiger partial charge in [0.05, 0.1) is 5.60 Å². The second kappa shape index (κ2) is 6.75. The fraction of sp³-hybridized carbons (Fsp3) is 0.471. The van der Waals surface area contributed by atoms with Gasteiger partial charge in [0, 0.05) is 31.3 Å². The zero-order chi connectivity index (χ0) is 15.3. The van der Waals surface area contributed by atoms with Gasteiger partial charge in [0.1, 0.15) is 6.61 Å². The standard InChI is InChI=1S/C17H21NO3/c1-17(21-2)9-5-10-18(13-17)16(20)15-8-3-6-14(12-15)7-4-11-19/h3,6,8,12,19H,5,9-11,13H2,1-2H3. The zero-order valence-corrected chi connectivity index (χ0v) is 12.6. The maximum atomic E-state index is 12.6. The lowest BCUT2D eigenvalue weighted by Gasteiger charge is -2.39. The van der Waals surface area contributed by atoms with Crippen LogP contribution in [-0.2, 0) is 4.74 Å². The summed E-state index contributed by atoms with van der Waals surface area (Å²) in [6.45, 7) is 3.21. The number of methoxy groups -OCH3 is 1. The molecular formula is C17H21NO3. The van der Waals surface area contributed by atoms with E-state index in [4.69, 9.17) is 9.84 Å². The normalized spacial score (nSPS) is 21.6. The number of carbonyl (C=O) groups is 1. The number of amides is 1. The fourth-order valence-corrected chi connectivity index (χ4v) is 2.60. The third kappa shape index (κ3) is 3.84. The summed E-state index contributed by atoms with van der Waals surface area (Å²) in [5.41, 5.74) is 1.10. The van der Waals surface area contributed by atoms with E-state index in [0.29, 0.717) is 12.1 Å². The summed E-state index contributed by atoms with van der Waals surface area (Å²) >= 11 is 0. The molecule has 1 N–H and O–H groups in total. The number of aliphatic hydroxyl groups is 1. The van der Waals surface area contributed by atoms with Gasteiger partial charge in [-0.1, -0.05) is 17.9 Å². The molecule has 21 heavy (non-hydrogen) atoms. The molecule has 1 aromatic carbocycles. The number of piperidine rings is 1. The molecule has 1 amide bonds. The number of nitrogens with zero attached hydrogens (tertiary/aromatic N) is 1. The minimum Gasteiger partial charge on any atom is -0.384 e. The van der Waals surface area contributed by atoms with Crippen LogP contribution >= 0.6 is 0 Å². The van der Waals surface area contributed by atoms with Gasteiger partial charge in [0.2, 0.25) is 0 Å². The molecule has 4 heteroatoms. The van der Waals surface area contributed by atoms with E-state index in [9.17, 15) is 4.79 Å². The molecule has 0 saturated carbocycles. The second-order valence-corrected chi connectivity index (χ2v) is 5.52.